The van der Waals surface area contributed by atoms with Gasteiger partial charge in [0.2, 0.25) is 5.91 Å². The van der Waals surface area contributed by atoms with Gasteiger partial charge in [0.1, 0.15) is 0 Å². The van der Waals surface area contributed by atoms with Gasteiger partial charge in [0, 0.05) is 47.9 Å². The number of rotatable bonds is 8. The molecule has 4 rings (SSSR count). The van der Waals surface area contributed by atoms with Crippen molar-refractivity contribution in [3.63, 3.8) is 0 Å². The fourth-order valence-electron chi connectivity index (χ4n) is 3.71. The summed E-state index contributed by atoms with van der Waals surface area (Å²) in [6, 6.07) is 17.9. The number of morpholine rings is 1. The highest BCUT2D eigenvalue weighted by Gasteiger charge is 2.13. The van der Waals surface area contributed by atoms with Crippen LogP contribution < -0.4 is 15.8 Å². The molecule has 0 aliphatic carbocycles. The number of anilines is 2. The molecule has 2 N–H and O–H groups in total. The molecule has 0 saturated carbocycles. The van der Waals surface area contributed by atoms with Crippen LogP contribution in [0.25, 0.3) is 0 Å². The summed E-state index contributed by atoms with van der Waals surface area (Å²) in [6.45, 7) is 5.03. The lowest BCUT2D eigenvalue weighted by Gasteiger charge is -2.28. The molecule has 2 aromatic carbocycles. The molecule has 8 heteroatoms. The van der Waals surface area contributed by atoms with E-state index in [-0.39, 0.29) is 17.9 Å². The van der Waals surface area contributed by atoms with E-state index in [1.165, 1.54) is 17.3 Å². The SMILES string of the molecule is Cc1nc(SCc2ccccc2)[nH]c(=O)c1CCC(=O)Nc1ccc(N2CCOCC2)cc1. The summed E-state index contributed by atoms with van der Waals surface area (Å²) in [4.78, 5) is 34.7. The normalized spacial score (nSPS) is 13.7. The first-order valence-electron chi connectivity index (χ1n) is 11.1. The number of thioether (sulfide) groups is 1. The maximum absolute atomic E-state index is 12.6. The molecule has 2 heterocycles. The molecule has 0 radical (unpaired) electrons. The van der Waals surface area contributed by atoms with Crippen LogP contribution in [0.2, 0.25) is 0 Å². The Labute approximate surface area is 197 Å². The second kappa shape index (κ2) is 11.2. The topological polar surface area (TPSA) is 87.3 Å². The largest absolute Gasteiger partial charge is 0.378 e. The van der Waals surface area contributed by atoms with E-state index in [1.54, 1.807) is 0 Å². The standard InChI is InChI=1S/C25H28N4O3S/c1-18-22(24(31)28-25(26-18)33-17-19-5-3-2-4-6-19)11-12-23(30)27-20-7-9-21(10-8-20)29-13-15-32-16-14-29/h2-10H,11-17H2,1H3,(H,27,30)(H,26,28,31). The van der Waals surface area contributed by atoms with Gasteiger partial charge in [-0.3, -0.25) is 9.59 Å². The van der Waals surface area contributed by atoms with E-state index >= 15 is 0 Å². The average molecular weight is 465 g/mol. The summed E-state index contributed by atoms with van der Waals surface area (Å²) < 4.78 is 5.39. The van der Waals surface area contributed by atoms with E-state index in [4.69, 9.17) is 4.74 Å². The molecule has 1 aromatic heterocycles. The number of hydrogen-bond acceptors (Lipinski definition) is 6. The molecule has 0 atom stereocenters. The van der Waals surface area contributed by atoms with Gasteiger partial charge in [0.15, 0.2) is 5.16 Å². The molecule has 1 saturated heterocycles. The number of hydrogen-bond donors (Lipinski definition) is 2. The zero-order valence-corrected chi connectivity index (χ0v) is 19.5. The Kier molecular flexibility index (Phi) is 7.80. The Hall–Kier alpha value is -3.10. The van der Waals surface area contributed by atoms with Gasteiger partial charge in [-0.2, -0.15) is 0 Å². The molecule has 1 aliphatic rings. The second-order valence-corrected chi connectivity index (χ2v) is 8.87. The van der Waals surface area contributed by atoms with Gasteiger partial charge in [-0.25, -0.2) is 4.98 Å². The number of amides is 1. The van der Waals surface area contributed by atoms with Crippen LogP contribution in [0.1, 0.15) is 23.2 Å². The van der Waals surface area contributed by atoms with Crippen molar-refractivity contribution in [2.75, 3.05) is 36.5 Å². The highest BCUT2D eigenvalue weighted by atomic mass is 32.2. The summed E-state index contributed by atoms with van der Waals surface area (Å²) in [5.41, 5.74) is 4.07. The van der Waals surface area contributed by atoms with E-state index in [2.05, 4.69) is 20.2 Å². The summed E-state index contributed by atoms with van der Waals surface area (Å²) >= 11 is 1.49. The van der Waals surface area contributed by atoms with Gasteiger partial charge >= 0.3 is 0 Å². The molecule has 0 spiro atoms. The van der Waals surface area contributed by atoms with E-state index in [0.29, 0.717) is 22.8 Å². The number of ether oxygens (including phenoxy) is 1. The lowest BCUT2D eigenvalue weighted by atomic mass is 10.1. The minimum Gasteiger partial charge on any atom is -0.378 e. The van der Waals surface area contributed by atoms with Gasteiger partial charge in [-0.05, 0) is 43.2 Å². The highest BCUT2D eigenvalue weighted by molar-refractivity contribution is 7.98. The van der Waals surface area contributed by atoms with Crippen molar-refractivity contribution < 1.29 is 9.53 Å². The van der Waals surface area contributed by atoms with Crippen LogP contribution in [-0.2, 0) is 21.7 Å². The predicted octanol–water partition coefficient (Wildman–Crippen LogP) is 3.78. The Morgan fingerprint density at radius 3 is 2.55 bits per heavy atom. The Balaban J connectivity index is 1.30. The van der Waals surface area contributed by atoms with Crippen LogP contribution in [0.4, 0.5) is 11.4 Å². The smallest absolute Gasteiger partial charge is 0.254 e. The fraction of sp³-hybridized carbons (Fsp3) is 0.320. The number of carbonyl (C=O) groups excluding carboxylic acids is 1. The van der Waals surface area contributed by atoms with Crippen LogP contribution >= 0.6 is 11.8 Å². The summed E-state index contributed by atoms with van der Waals surface area (Å²) in [5.74, 6) is 0.602. The molecule has 1 fully saturated rings. The third-order valence-electron chi connectivity index (χ3n) is 5.55. The van der Waals surface area contributed by atoms with Gasteiger partial charge in [-0.1, -0.05) is 42.1 Å². The first kappa shape index (κ1) is 23.1. The Bertz CT molecular complexity index is 1130. The average Bonchev–Trinajstić information content (AvgIpc) is 2.84. The van der Waals surface area contributed by atoms with Gasteiger partial charge < -0.3 is 19.9 Å². The number of aromatic nitrogens is 2. The Morgan fingerprint density at radius 2 is 1.85 bits per heavy atom. The van der Waals surface area contributed by atoms with Crippen molar-refractivity contribution in [2.24, 2.45) is 0 Å². The van der Waals surface area contributed by atoms with Crippen molar-refractivity contribution in [1.29, 1.82) is 0 Å². The molecule has 33 heavy (non-hydrogen) atoms. The lowest BCUT2D eigenvalue weighted by Crippen LogP contribution is -2.36. The number of aromatic amines is 1. The minimum atomic E-state index is -0.180. The van der Waals surface area contributed by atoms with Crippen molar-refractivity contribution in [1.82, 2.24) is 9.97 Å². The first-order chi connectivity index (χ1) is 16.1. The maximum atomic E-state index is 12.6. The van der Waals surface area contributed by atoms with Crippen molar-refractivity contribution in [3.8, 4) is 0 Å². The fourth-order valence-corrected chi connectivity index (χ4v) is 4.57. The molecule has 7 nitrogen and oxygen atoms in total. The highest BCUT2D eigenvalue weighted by Crippen LogP contribution is 2.20. The molecular formula is C25H28N4O3S. The van der Waals surface area contributed by atoms with Gasteiger partial charge in [0.25, 0.3) is 5.56 Å². The van der Waals surface area contributed by atoms with Crippen LogP contribution in [0, 0.1) is 6.92 Å². The number of aryl methyl sites for hydroxylation is 1. The van der Waals surface area contributed by atoms with E-state index in [1.807, 2.05) is 61.5 Å². The zero-order valence-electron chi connectivity index (χ0n) is 18.7. The summed E-state index contributed by atoms with van der Waals surface area (Å²) in [5, 5.41) is 3.50. The van der Waals surface area contributed by atoms with Gasteiger partial charge in [0.05, 0.1) is 13.2 Å². The number of benzene rings is 2. The number of nitrogens with one attached hydrogen (secondary N) is 2. The molecule has 1 aliphatic heterocycles. The number of H-pyrrole nitrogens is 1. The van der Waals surface area contributed by atoms with Crippen molar-refractivity contribution in [2.45, 2.75) is 30.7 Å². The van der Waals surface area contributed by atoms with E-state index in [9.17, 15) is 9.59 Å². The lowest BCUT2D eigenvalue weighted by molar-refractivity contribution is -0.116. The first-order valence-corrected chi connectivity index (χ1v) is 12.1. The summed E-state index contributed by atoms with van der Waals surface area (Å²) in [6.07, 6.45) is 0.558. The third kappa shape index (κ3) is 6.46. The van der Waals surface area contributed by atoms with Gasteiger partial charge in [-0.15, -0.1) is 0 Å². The monoisotopic (exact) mass is 464 g/mol. The van der Waals surface area contributed by atoms with Crippen LogP contribution in [0.15, 0.2) is 64.5 Å². The molecule has 1 amide bonds. The predicted molar refractivity (Wildman–Crippen MR) is 132 cm³/mol. The quantitative estimate of drug-likeness (QED) is 0.390. The number of carbonyl (C=O) groups is 1. The van der Waals surface area contributed by atoms with Crippen molar-refractivity contribution in [3.05, 3.63) is 81.8 Å². The third-order valence-corrected chi connectivity index (χ3v) is 6.49. The van der Waals surface area contributed by atoms with Crippen LogP contribution in [0.5, 0.6) is 0 Å². The minimum absolute atomic E-state index is 0.129. The van der Waals surface area contributed by atoms with E-state index < -0.39 is 0 Å². The Morgan fingerprint density at radius 1 is 1.12 bits per heavy atom. The zero-order chi connectivity index (χ0) is 23.0. The van der Waals surface area contributed by atoms with Crippen LogP contribution in [0.3, 0.4) is 0 Å². The van der Waals surface area contributed by atoms with E-state index in [0.717, 1.165) is 43.4 Å². The number of nitrogens with zero attached hydrogens (tertiary/aromatic N) is 2. The van der Waals surface area contributed by atoms with Crippen LogP contribution in [-0.4, -0.2) is 42.2 Å². The second-order valence-electron chi connectivity index (χ2n) is 7.90. The summed E-state index contributed by atoms with van der Waals surface area (Å²) in [7, 11) is 0. The molecule has 0 bridgehead atoms. The molecular weight excluding hydrogens is 436 g/mol. The van der Waals surface area contributed by atoms with Crippen molar-refractivity contribution >= 4 is 29.0 Å². The maximum Gasteiger partial charge on any atom is 0.254 e. The molecule has 0 unspecified atom stereocenters. The molecule has 172 valence electrons. The molecule has 3 aromatic rings.